The second-order valence-corrected chi connectivity index (χ2v) is 5.16. The van der Waals surface area contributed by atoms with Crippen LogP contribution in [0.5, 0.6) is 0 Å². The van der Waals surface area contributed by atoms with Gasteiger partial charge in [-0.1, -0.05) is 42.5 Å². The smallest absolute Gasteiger partial charge is 0.319 e. The summed E-state index contributed by atoms with van der Waals surface area (Å²) in [7, 11) is 0. The molecule has 5 nitrogen and oxygen atoms in total. The summed E-state index contributed by atoms with van der Waals surface area (Å²) in [5.41, 5.74) is 1.47. The van der Waals surface area contributed by atoms with Crippen molar-refractivity contribution in [3.05, 3.63) is 72.6 Å². The third-order valence-corrected chi connectivity index (χ3v) is 3.57. The minimum atomic E-state index is -0.737. The van der Waals surface area contributed by atoms with E-state index in [-0.39, 0.29) is 12.6 Å². The Bertz CT molecular complexity index is 800. The van der Waals surface area contributed by atoms with Gasteiger partial charge in [0.1, 0.15) is 0 Å². The van der Waals surface area contributed by atoms with Gasteiger partial charge in [0.2, 0.25) is 0 Å². The third kappa shape index (κ3) is 3.64. The number of aliphatic hydroxyl groups is 1. The molecule has 3 rings (SSSR count). The van der Waals surface area contributed by atoms with E-state index in [0.29, 0.717) is 5.69 Å². The van der Waals surface area contributed by atoms with Gasteiger partial charge in [-0.3, -0.25) is 4.98 Å². The van der Waals surface area contributed by atoms with E-state index in [4.69, 9.17) is 0 Å². The van der Waals surface area contributed by atoms with Gasteiger partial charge in [-0.2, -0.15) is 0 Å². The Morgan fingerprint density at radius 3 is 2.74 bits per heavy atom. The molecule has 1 aromatic heterocycles. The van der Waals surface area contributed by atoms with Crippen molar-refractivity contribution in [3.63, 3.8) is 0 Å². The Kier molecular flexibility index (Phi) is 4.49. The summed E-state index contributed by atoms with van der Waals surface area (Å²) in [5.74, 6) is 0. The predicted molar refractivity (Wildman–Crippen MR) is 90.2 cm³/mol. The predicted octanol–water partition coefficient (Wildman–Crippen LogP) is 3.09. The lowest BCUT2D eigenvalue weighted by Crippen LogP contribution is -2.32. The number of nitrogens with zero attached hydrogens (tertiary/aromatic N) is 1. The molecule has 0 aliphatic rings. The molecule has 23 heavy (non-hydrogen) atoms. The fourth-order valence-corrected chi connectivity index (χ4v) is 2.38. The molecule has 0 radical (unpaired) electrons. The van der Waals surface area contributed by atoms with E-state index >= 15 is 0 Å². The summed E-state index contributed by atoms with van der Waals surface area (Å²) >= 11 is 0. The molecule has 0 aliphatic carbocycles. The Labute approximate surface area is 134 Å². The Morgan fingerprint density at radius 1 is 1.09 bits per heavy atom. The standard InChI is InChI=1S/C18H17N3O2/c22-17(13-5-2-1-3-6-13)12-20-18(23)21-16-8-4-7-14-11-19-10-9-15(14)16/h1-11,17,22H,12H2,(H2,20,21,23)/t17-/m0/s1. The van der Waals surface area contributed by atoms with Crippen LogP contribution >= 0.6 is 0 Å². The molecule has 0 saturated carbocycles. The molecule has 0 saturated heterocycles. The lowest BCUT2D eigenvalue weighted by Gasteiger charge is -2.13. The molecule has 0 bridgehead atoms. The monoisotopic (exact) mass is 307 g/mol. The first-order valence-electron chi connectivity index (χ1n) is 7.34. The van der Waals surface area contributed by atoms with Crippen molar-refractivity contribution in [2.24, 2.45) is 0 Å². The highest BCUT2D eigenvalue weighted by atomic mass is 16.3. The highest BCUT2D eigenvalue weighted by Gasteiger charge is 2.10. The number of rotatable bonds is 4. The zero-order chi connectivity index (χ0) is 16.1. The van der Waals surface area contributed by atoms with Crippen LogP contribution in [0.2, 0.25) is 0 Å². The van der Waals surface area contributed by atoms with Gasteiger partial charge in [0.05, 0.1) is 11.8 Å². The molecule has 2 aromatic carbocycles. The van der Waals surface area contributed by atoms with E-state index in [1.165, 1.54) is 0 Å². The molecular formula is C18H17N3O2. The van der Waals surface area contributed by atoms with Crippen molar-refractivity contribution in [2.75, 3.05) is 11.9 Å². The maximum atomic E-state index is 12.0. The zero-order valence-electron chi connectivity index (χ0n) is 12.4. The minimum Gasteiger partial charge on any atom is -0.387 e. The fraction of sp³-hybridized carbons (Fsp3) is 0.111. The number of hydrogen-bond acceptors (Lipinski definition) is 3. The molecular weight excluding hydrogens is 290 g/mol. The number of hydrogen-bond donors (Lipinski definition) is 3. The molecule has 116 valence electrons. The largest absolute Gasteiger partial charge is 0.387 e. The summed E-state index contributed by atoms with van der Waals surface area (Å²) < 4.78 is 0. The number of aliphatic hydroxyl groups excluding tert-OH is 1. The van der Waals surface area contributed by atoms with Gasteiger partial charge < -0.3 is 15.7 Å². The number of carbonyl (C=O) groups is 1. The Morgan fingerprint density at radius 2 is 1.91 bits per heavy atom. The quantitative estimate of drug-likeness (QED) is 0.693. The maximum absolute atomic E-state index is 12.0. The number of pyridine rings is 1. The number of aromatic nitrogens is 1. The van der Waals surface area contributed by atoms with Crippen LogP contribution in [-0.2, 0) is 0 Å². The summed E-state index contributed by atoms with van der Waals surface area (Å²) in [6.07, 6.45) is 2.70. The average molecular weight is 307 g/mol. The van der Waals surface area contributed by atoms with Crippen molar-refractivity contribution in [1.29, 1.82) is 0 Å². The Balaban J connectivity index is 1.63. The average Bonchev–Trinajstić information content (AvgIpc) is 2.61. The first-order valence-corrected chi connectivity index (χ1v) is 7.34. The topological polar surface area (TPSA) is 74.2 Å². The van der Waals surface area contributed by atoms with Gasteiger partial charge >= 0.3 is 6.03 Å². The van der Waals surface area contributed by atoms with Crippen molar-refractivity contribution in [3.8, 4) is 0 Å². The minimum absolute atomic E-state index is 0.141. The zero-order valence-corrected chi connectivity index (χ0v) is 12.4. The second-order valence-electron chi connectivity index (χ2n) is 5.16. The number of carbonyl (C=O) groups excluding carboxylic acids is 1. The van der Waals surface area contributed by atoms with Crippen LogP contribution in [0.1, 0.15) is 11.7 Å². The molecule has 3 N–H and O–H groups in total. The lowest BCUT2D eigenvalue weighted by molar-refractivity contribution is 0.175. The van der Waals surface area contributed by atoms with Gasteiger partial charge in [-0.05, 0) is 17.7 Å². The fourth-order valence-electron chi connectivity index (χ4n) is 2.38. The lowest BCUT2D eigenvalue weighted by atomic mass is 10.1. The molecule has 0 unspecified atom stereocenters. The molecule has 5 heteroatoms. The van der Waals surface area contributed by atoms with Crippen LogP contribution in [0.15, 0.2) is 67.0 Å². The molecule has 1 heterocycles. The molecule has 0 aliphatic heterocycles. The van der Waals surface area contributed by atoms with E-state index < -0.39 is 6.10 Å². The van der Waals surface area contributed by atoms with Gasteiger partial charge in [-0.15, -0.1) is 0 Å². The van der Waals surface area contributed by atoms with Crippen molar-refractivity contribution in [2.45, 2.75) is 6.10 Å². The van der Waals surface area contributed by atoms with Crippen molar-refractivity contribution >= 4 is 22.5 Å². The molecule has 0 spiro atoms. The van der Waals surface area contributed by atoms with Crippen LogP contribution < -0.4 is 10.6 Å². The number of urea groups is 1. The number of anilines is 1. The highest BCUT2D eigenvalue weighted by molar-refractivity contribution is 6.01. The number of nitrogens with one attached hydrogen (secondary N) is 2. The van der Waals surface area contributed by atoms with E-state index in [0.717, 1.165) is 16.3 Å². The first-order chi connectivity index (χ1) is 11.2. The summed E-state index contributed by atoms with van der Waals surface area (Å²) in [4.78, 5) is 16.1. The van der Waals surface area contributed by atoms with E-state index in [1.807, 2.05) is 54.6 Å². The van der Waals surface area contributed by atoms with Gasteiger partial charge in [0.15, 0.2) is 0 Å². The molecule has 3 aromatic rings. The number of benzene rings is 2. The normalized spacial score (nSPS) is 11.9. The summed E-state index contributed by atoms with van der Waals surface area (Å²) in [6, 6.07) is 16.3. The Hall–Kier alpha value is -2.92. The van der Waals surface area contributed by atoms with Crippen molar-refractivity contribution in [1.82, 2.24) is 10.3 Å². The summed E-state index contributed by atoms with van der Waals surface area (Å²) in [5, 5.41) is 17.4. The van der Waals surface area contributed by atoms with Crippen LogP contribution in [0.3, 0.4) is 0 Å². The first kappa shape index (κ1) is 15.0. The van der Waals surface area contributed by atoms with Crippen LogP contribution in [-0.4, -0.2) is 22.7 Å². The van der Waals surface area contributed by atoms with Gasteiger partial charge in [-0.25, -0.2) is 4.79 Å². The number of amides is 2. The molecule has 2 amide bonds. The molecule has 0 fully saturated rings. The third-order valence-electron chi connectivity index (χ3n) is 3.57. The SMILES string of the molecule is O=C(NC[C@H](O)c1ccccc1)Nc1cccc2cnccc12. The van der Waals surface area contributed by atoms with Gasteiger partial charge in [0.25, 0.3) is 0 Å². The number of fused-ring (bicyclic) bond motifs is 1. The van der Waals surface area contributed by atoms with Crippen molar-refractivity contribution < 1.29 is 9.90 Å². The maximum Gasteiger partial charge on any atom is 0.319 e. The van der Waals surface area contributed by atoms with Crippen LogP contribution in [0.25, 0.3) is 10.8 Å². The van der Waals surface area contributed by atoms with Crippen LogP contribution in [0.4, 0.5) is 10.5 Å². The second kappa shape index (κ2) is 6.89. The summed E-state index contributed by atoms with van der Waals surface area (Å²) in [6.45, 7) is 0.141. The molecule has 1 atom stereocenters. The van der Waals surface area contributed by atoms with Crippen LogP contribution in [0, 0.1) is 0 Å². The van der Waals surface area contributed by atoms with E-state index in [1.54, 1.807) is 12.4 Å². The van der Waals surface area contributed by atoms with E-state index in [9.17, 15) is 9.90 Å². The van der Waals surface area contributed by atoms with E-state index in [2.05, 4.69) is 15.6 Å². The highest BCUT2D eigenvalue weighted by Crippen LogP contribution is 2.22. The van der Waals surface area contributed by atoms with Gasteiger partial charge in [0, 0.05) is 29.7 Å².